The Kier molecular flexibility index (Phi) is 6.88. The molecule has 0 aliphatic carbocycles. The topological polar surface area (TPSA) is 67.9 Å². The summed E-state index contributed by atoms with van der Waals surface area (Å²) in [7, 11) is 1.63. The zero-order chi connectivity index (χ0) is 23.2. The zero-order valence-corrected chi connectivity index (χ0v) is 18.3. The molecule has 33 heavy (non-hydrogen) atoms. The van der Waals surface area contributed by atoms with Crippen molar-refractivity contribution in [3.8, 4) is 11.5 Å². The van der Waals surface area contributed by atoms with Crippen LogP contribution < -0.4 is 14.8 Å². The number of rotatable bonds is 7. The van der Waals surface area contributed by atoms with Crippen LogP contribution in [-0.2, 0) is 29.0 Å². The van der Waals surface area contributed by atoms with Gasteiger partial charge in [-0.2, -0.15) is 0 Å². The molecule has 6 nitrogen and oxygen atoms in total. The number of anilines is 1. The molecule has 1 aliphatic heterocycles. The van der Waals surface area contributed by atoms with E-state index in [2.05, 4.69) is 5.32 Å². The van der Waals surface area contributed by atoms with E-state index in [1.807, 2.05) is 30.3 Å². The number of para-hydroxylation sites is 1. The van der Waals surface area contributed by atoms with Gasteiger partial charge in [0, 0.05) is 24.3 Å². The van der Waals surface area contributed by atoms with Crippen LogP contribution in [0.3, 0.4) is 0 Å². The summed E-state index contributed by atoms with van der Waals surface area (Å²) < 4.78 is 24.2. The summed E-state index contributed by atoms with van der Waals surface area (Å²) in [6, 6.07) is 18.9. The summed E-state index contributed by atoms with van der Waals surface area (Å²) in [6.07, 6.45) is 0.788. The average Bonchev–Trinajstić information content (AvgIpc) is 2.97. The second-order valence-electron chi connectivity index (χ2n) is 7.84. The summed E-state index contributed by atoms with van der Waals surface area (Å²) in [4.78, 5) is 26.8. The predicted molar refractivity (Wildman–Crippen MR) is 123 cm³/mol. The van der Waals surface area contributed by atoms with Crippen LogP contribution in [0.5, 0.6) is 11.5 Å². The van der Waals surface area contributed by atoms with Crippen LogP contribution in [-0.4, -0.2) is 37.0 Å². The van der Waals surface area contributed by atoms with E-state index in [1.165, 1.54) is 12.1 Å². The molecule has 3 aromatic rings. The fourth-order valence-electron chi connectivity index (χ4n) is 3.81. The van der Waals surface area contributed by atoms with Crippen LogP contribution in [0.4, 0.5) is 10.1 Å². The number of benzene rings is 3. The quantitative estimate of drug-likeness (QED) is 0.594. The van der Waals surface area contributed by atoms with Crippen LogP contribution in [0.2, 0.25) is 0 Å². The van der Waals surface area contributed by atoms with Gasteiger partial charge < -0.3 is 19.7 Å². The van der Waals surface area contributed by atoms with Gasteiger partial charge in [-0.15, -0.1) is 0 Å². The second kappa shape index (κ2) is 10.2. The lowest BCUT2D eigenvalue weighted by Gasteiger charge is -2.21. The van der Waals surface area contributed by atoms with Gasteiger partial charge in [0.1, 0.15) is 17.3 Å². The van der Waals surface area contributed by atoms with Gasteiger partial charge in [0.2, 0.25) is 5.91 Å². The number of hydrogen-bond acceptors (Lipinski definition) is 4. The second-order valence-corrected chi connectivity index (χ2v) is 7.84. The molecule has 0 radical (unpaired) electrons. The molecule has 0 bridgehead atoms. The monoisotopic (exact) mass is 448 g/mol. The van der Waals surface area contributed by atoms with E-state index < -0.39 is 0 Å². The van der Waals surface area contributed by atoms with E-state index in [9.17, 15) is 14.0 Å². The van der Waals surface area contributed by atoms with Crippen molar-refractivity contribution in [2.75, 3.05) is 25.6 Å². The van der Waals surface area contributed by atoms with E-state index in [0.29, 0.717) is 30.9 Å². The summed E-state index contributed by atoms with van der Waals surface area (Å²) >= 11 is 0. The highest BCUT2D eigenvalue weighted by molar-refractivity contribution is 5.92. The highest BCUT2D eigenvalue weighted by atomic mass is 19.1. The van der Waals surface area contributed by atoms with Crippen molar-refractivity contribution in [1.29, 1.82) is 0 Å². The molecule has 0 unspecified atom stereocenters. The molecule has 170 valence electrons. The van der Waals surface area contributed by atoms with Gasteiger partial charge in [-0.1, -0.05) is 30.3 Å². The van der Waals surface area contributed by atoms with Crippen LogP contribution in [0, 0.1) is 5.82 Å². The standard InChI is InChI=1S/C26H25FN2O4/c1-32-23-5-3-2-4-19(23)12-13-29-16-20-15-22(10-11-24(20)33-17-26(29)31)28-25(30)14-18-6-8-21(27)9-7-18/h2-11,15H,12-14,16-17H2,1H3,(H,28,30). The fourth-order valence-corrected chi connectivity index (χ4v) is 3.81. The first-order valence-electron chi connectivity index (χ1n) is 10.7. The smallest absolute Gasteiger partial charge is 0.260 e. The van der Waals surface area contributed by atoms with E-state index in [-0.39, 0.29) is 30.7 Å². The Morgan fingerprint density at radius 1 is 1.12 bits per heavy atom. The van der Waals surface area contributed by atoms with Crippen LogP contribution in [0.25, 0.3) is 0 Å². The molecular formula is C26H25FN2O4. The minimum atomic E-state index is -0.338. The number of methoxy groups -OCH3 is 1. The van der Waals surface area contributed by atoms with Crippen molar-refractivity contribution < 1.29 is 23.5 Å². The maximum Gasteiger partial charge on any atom is 0.260 e. The van der Waals surface area contributed by atoms with Crippen LogP contribution >= 0.6 is 0 Å². The van der Waals surface area contributed by atoms with Crippen molar-refractivity contribution in [3.05, 3.63) is 89.2 Å². The molecule has 0 atom stereocenters. The number of ether oxygens (including phenoxy) is 2. The van der Waals surface area contributed by atoms with Crippen LogP contribution in [0.15, 0.2) is 66.7 Å². The number of fused-ring (bicyclic) bond motifs is 1. The largest absolute Gasteiger partial charge is 0.496 e. The third-order valence-corrected chi connectivity index (χ3v) is 5.53. The third-order valence-electron chi connectivity index (χ3n) is 5.53. The Bertz CT molecular complexity index is 1150. The number of nitrogens with one attached hydrogen (secondary N) is 1. The minimum absolute atomic E-state index is 0.0325. The molecule has 7 heteroatoms. The zero-order valence-electron chi connectivity index (χ0n) is 18.3. The third kappa shape index (κ3) is 5.68. The van der Waals surface area contributed by atoms with E-state index in [1.54, 1.807) is 36.3 Å². The molecule has 0 spiro atoms. The maximum absolute atomic E-state index is 13.1. The molecule has 0 aromatic heterocycles. The van der Waals surface area contributed by atoms with Crippen molar-refractivity contribution >= 4 is 17.5 Å². The Labute approximate surface area is 191 Å². The Hall–Kier alpha value is -3.87. The first kappa shape index (κ1) is 22.3. The Morgan fingerprint density at radius 3 is 2.70 bits per heavy atom. The van der Waals surface area contributed by atoms with Gasteiger partial charge in [-0.05, 0) is 53.9 Å². The molecule has 2 amide bonds. The molecule has 4 rings (SSSR count). The molecule has 1 aliphatic rings. The number of hydrogen-bond donors (Lipinski definition) is 1. The van der Waals surface area contributed by atoms with Gasteiger partial charge in [0.15, 0.2) is 6.61 Å². The lowest BCUT2D eigenvalue weighted by molar-refractivity contribution is -0.133. The summed E-state index contributed by atoms with van der Waals surface area (Å²) in [5.41, 5.74) is 3.18. The van der Waals surface area contributed by atoms with Gasteiger partial charge in [-0.25, -0.2) is 4.39 Å². The van der Waals surface area contributed by atoms with Crippen molar-refractivity contribution in [2.24, 2.45) is 0 Å². The number of carbonyl (C=O) groups is 2. The normalized spacial score (nSPS) is 13.0. The maximum atomic E-state index is 13.1. The molecule has 3 aromatic carbocycles. The summed E-state index contributed by atoms with van der Waals surface area (Å²) in [5.74, 6) is 0.778. The molecular weight excluding hydrogens is 423 g/mol. The SMILES string of the molecule is COc1ccccc1CCN1Cc2cc(NC(=O)Cc3ccc(F)cc3)ccc2OCC1=O. The first-order valence-corrected chi connectivity index (χ1v) is 10.7. The minimum Gasteiger partial charge on any atom is -0.496 e. The molecule has 1 heterocycles. The van der Waals surface area contributed by atoms with Gasteiger partial charge >= 0.3 is 0 Å². The van der Waals surface area contributed by atoms with Gasteiger partial charge in [0.05, 0.1) is 13.5 Å². The average molecular weight is 448 g/mol. The number of carbonyl (C=O) groups excluding carboxylic acids is 2. The van der Waals surface area contributed by atoms with E-state index in [4.69, 9.17) is 9.47 Å². The van der Waals surface area contributed by atoms with Gasteiger partial charge in [-0.3, -0.25) is 9.59 Å². The lowest BCUT2D eigenvalue weighted by Crippen LogP contribution is -2.34. The van der Waals surface area contributed by atoms with Crippen molar-refractivity contribution in [1.82, 2.24) is 4.90 Å². The Balaban J connectivity index is 1.43. The van der Waals surface area contributed by atoms with Crippen LogP contribution in [0.1, 0.15) is 16.7 Å². The Morgan fingerprint density at radius 2 is 1.91 bits per heavy atom. The molecule has 0 fully saturated rings. The molecule has 1 N–H and O–H groups in total. The summed E-state index contributed by atoms with van der Waals surface area (Å²) in [6.45, 7) is 0.864. The highest BCUT2D eigenvalue weighted by Crippen LogP contribution is 2.27. The number of halogens is 1. The number of nitrogens with zero attached hydrogens (tertiary/aromatic N) is 1. The van der Waals surface area contributed by atoms with Gasteiger partial charge in [0.25, 0.3) is 5.91 Å². The van der Waals surface area contributed by atoms with Crippen molar-refractivity contribution in [2.45, 2.75) is 19.4 Å². The highest BCUT2D eigenvalue weighted by Gasteiger charge is 2.22. The summed E-state index contributed by atoms with van der Waals surface area (Å²) in [5, 5.41) is 2.87. The predicted octanol–water partition coefficient (Wildman–Crippen LogP) is 3.98. The van der Waals surface area contributed by atoms with Crippen molar-refractivity contribution in [3.63, 3.8) is 0 Å². The lowest BCUT2D eigenvalue weighted by atomic mass is 10.1. The number of amides is 2. The van der Waals surface area contributed by atoms with E-state index >= 15 is 0 Å². The molecule has 0 saturated carbocycles. The van der Waals surface area contributed by atoms with E-state index in [0.717, 1.165) is 22.4 Å². The fraction of sp³-hybridized carbons (Fsp3) is 0.231. The first-order chi connectivity index (χ1) is 16.0. The molecule has 0 saturated heterocycles.